The van der Waals surface area contributed by atoms with Gasteiger partial charge in [-0.1, -0.05) is 32.0 Å². The summed E-state index contributed by atoms with van der Waals surface area (Å²) in [5, 5.41) is 14.4. The van der Waals surface area contributed by atoms with Crippen molar-refractivity contribution in [3.63, 3.8) is 0 Å². The second-order valence-corrected chi connectivity index (χ2v) is 7.99. The number of morpholine rings is 1. The van der Waals surface area contributed by atoms with Crippen LogP contribution in [0.4, 0.5) is 17.1 Å². The van der Waals surface area contributed by atoms with Gasteiger partial charge in [-0.25, -0.2) is 4.79 Å². The van der Waals surface area contributed by atoms with Crippen LogP contribution in [0.25, 0.3) is 0 Å². The molecule has 0 bridgehead atoms. The lowest BCUT2D eigenvalue weighted by molar-refractivity contribution is -0.384. The summed E-state index contributed by atoms with van der Waals surface area (Å²) >= 11 is 0. The number of para-hydroxylation sites is 1. The van der Waals surface area contributed by atoms with Gasteiger partial charge in [-0.2, -0.15) is 0 Å². The molecule has 33 heavy (non-hydrogen) atoms. The van der Waals surface area contributed by atoms with Gasteiger partial charge >= 0.3 is 5.97 Å². The predicted molar refractivity (Wildman–Crippen MR) is 125 cm³/mol. The van der Waals surface area contributed by atoms with E-state index in [1.807, 2.05) is 29.2 Å². The first kappa shape index (κ1) is 24.2. The summed E-state index contributed by atoms with van der Waals surface area (Å²) in [6.07, 6.45) is -0.170. The van der Waals surface area contributed by atoms with E-state index >= 15 is 0 Å². The molecule has 1 aliphatic rings. The van der Waals surface area contributed by atoms with Crippen LogP contribution >= 0.6 is 0 Å². The maximum absolute atomic E-state index is 12.7. The molecule has 0 aromatic heterocycles. The van der Waals surface area contributed by atoms with Gasteiger partial charge in [-0.15, -0.1) is 0 Å². The zero-order chi connectivity index (χ0) is 24.0. The third-order valence-electron chi connectivity index (χ3n) is 5.77. The van der Waals surface area contributed by atoms with E-state index in [-0.39, 0.29) is 17.2 Å². The van der Waals surface area contributed by atoms with Gasteiger partial charge in [0, 0.05) is 24.8 Å². The molecule has 0 aliphatic carbocycles. The molecule has 2 aromatic rings. The Bertz CT molecular complexity index is 1020. The highest BCUT2D eigenvalue weighted by Gasteiger charge is 2.26. The minimum absolute atomic E-state index is 0.0124. The summed E-state index contributed by atoms with van der Waals surface area (Å²) in [5.41, 5.74) is 1.92. The normalized spacial score (nSPS) is 15.4. The molecule has 1 amide bonds. The summed E-state index contributed by atoms with van der Waals surface area (Å²) in [6, 6.07) is 11.7. The fraction of sp³-hybridized carbons (Fsp3) is 0.417. The molecule has 2 unspecified atom stereocenters. The van der Waals surface area contributed by atoms with Gasteiger partial charge in [0.05, 0.1) is 23.7 Å². The average Bonchev–Trinajstić information content (AvgIpc) is 2.83. The zero-order valence-electron chi connectivity index (χ0n) is 19.1. The van der Waals surface area contributed by atoms with E-state index < -0.39 is 22.9 Å². The number of nitrogens with zero attached hydrogens (tertiary/aromatic N) is 2. The topological polar surface area (TPSA) is 111 Å². The first-order valence-electron chi connectivity index (χ1n) is 11.0. The number of hydrogen-bond acceptors (Lipinski definition) is 7. The number of benzene rings is 2. The Labute approximate surface area is 192 Å². The number of rotatable bonds is 8. The maximum Gasteiger partial charge on any atom is 0.339 e. The van der Waals surface area contributed by atoms with Crippen LogP contribution in [0.1, 0.15) is 49.0 Å². The number of nitro benzene ring substituents is 1. The molecule has 9 heteroatoms. The molecule has 1 heterocycles. The van der Waals surface area contributed by atoms with Crippen molar-refractivity contribution in [3.05, 3.63) is 63.7 Å². The fourth-order valence-corrected chi connectivity index (χ4v) is 3.65. The number of hydrogen-bond donors (Lipinski definition) is 1. The minimum Gasteiger partial charge on any atom is -0.449 e. The number of carbonyl (C=O) groups is 2. The Morgan fingerprint density at radius 1 is 1.18 bits per heavy atom. The lowest BCUT2D eigenvalue weighted by Gasteiger charge is -2.28. The number of amides is 1. The third kappa shape index (κ3) is 5.87. The molecular formula is C24H29N3O6. The van der Waals surface area contributed by atoms with Gasteiger partial charge in [-0.3, -0.25) is 14.9 Å². The SMILES string of the molecule is CCC(C)c1ccccc1NC(=O)C(C)OC(=O)c1ccc(N2CCOCC2)c([N+](=O)[O-])c1. The highest BCUT2D eigenvalue weighted by molar-refractivity contribution is 5.98. The number of esters is 1. The predicted octanol–water partition coefficient (Wildman–Crippen LogP) is 4.13. The van der Waals surface area contributed by atoms with E-state index in [4.69, 9.17) is 9.47 Å². The van der Waals surface area contributed by atoms with E-state index in [0.717, 1.165) is 12.0 Å². The second-order valence-electron chi connectivity index (χ2n) is 7.99. The van der Waals surface area contributed by atoms with Crippen LogP contribution in [-0.4, -0.2) is 49.2 Å². The molecule has 1 fully saturated rings. The van der Waals surface area contributed by atoms with Crippen molar-refractivity contribution in [1.29, 1.82) is 0 Å². The van der Waals surface area contributed by atoms with Crippen molar-refractivity contribution in [2.24, 2.45) is 0 Å². The molecule has 0 spiro atoms. The third-order valence-corrected chi connectivity index (χ3v) is 5.77. The standard InChI is InChI=1S/C24H29N3O6/c1-4-16(2)19-7-5-6-8-20(19)25-23(28)17(3)33-24(29)18-9-10-21(22(15-18)27(30)31)26-11-13-32-14-12-26/h5-10,15-17H,4,11-14H2,1-3H3,(H,25,28). The lowest BCUT2D eigenvalue weighted by atomic mass is 9.97. The van der Waals surface area contributed by atoms with Crippen molar-refractivity contribution in [2.75, 3.05) is 36.5 Å². The fourth-order valence-electron chi connectivity index (χ4n) is 3.65. The van der Waals surface area contributed by atoms with Crippen LogP contribution in [-0.2, 0) is 14.3 Å². The van der Waals surface area contributed by atoms with Crippen LogP contribution in [0.3, 0.4) is 0 Å². The van der Waals surface area contributed by atoms with Crippen molar-refractivity contribution < 1.29 is 24.0 Å². The van der Waals surface area contributed by atoms with E-state index in [2.05, 4.69) is 19.2 Å². The minimum atomic E-state index is -1.08. The van der Waals surface area contributed by atoms with Gasteiger partial charge in [0.25, 0.3) is 11.6 Å². The molecule has 2 aromatic carbocycles. The second kappa shape index (κ2) is 10.9. The van der Waals surface area contributed by atoms with Crippen molar-refractivity contribution in [2.45, 2.75) is 39.2 Å². The van der Waals surface area contributed by atoms with Crippen LogP contribution in [0, 0.1) is 10.1 Å². The number of nitro groups is 1. The number of anilines is 2. The van der Waals surface area contributed by atoms with Gasteiger partial charge in [-0.05, 0) is 43.0 Å². The maximum atomic E-state index is 12.7. The van der Waals surface area contributed by atoms with Crippen molar-refractivity contribution in [1.82, 2.24) is 0 Å². The molecular weight excluding hydrogens is 426 g/mol. The lowest BCUT2D eigenvalue weighted by Crippen LogP contribution is -2.36. The molecule has 0 saturated carbocycles. The Balaban J connectivity index is 1.71. The smallest absolute Gasteiger partial charge is 0.339 e. The van der Waals surface area contributed by atoms with E-state index in [9.17, 15) is 19.7 Å². The molecule has 2 atom stereocenters. The first-order chi connectivity index (χ1) is 15.8. The molecule has 3 rings (SSSR count). The number of ether oxygens (including phenoxy) is 2. The van der Waals surface area contributed by atoms with E-state index in [1.165, 1.54) is 25.1 Å². The summed E-state index contributed by atoms with van der Waals surface area (Å²) < 4.78 is 10.6. The zero-order valence-corrected chi connectivity index (χ0v) is 19.1. The van der Waals surface area contributed by atoms with Crippen LogP contribution in [0.15, 0.2) is 42.5 Å². The van der Waals surface area contributed by atoms with E-state index in [1.54, 1.807) is 0 Å². The Morgan fingerprint density at radius 3 is 2.55 bits per heavy atom. The van der Waals surface area contributed by atoms with Gasteiger partial charge < -0.3 is 19.7 Å². The summed E-state index contributed by atoms with van der Waals surface area (Å²) in [7, 11) is 0. The average molecular weight is 456 g/mol. The highest BCUT2D eigenvalue weighted by Crippen LogP contribution is 2.30. The van der Waals surface area contributed by atoms with Crippen molar-refractivity contribution in [3.8, 4) is 0 Å². The van der Waals surface area contributed by atoms with Gasteiger partial charge in [0.15, 0.2) is 6.10 Å². The van der Waals surface area contributed by atoms with Crippen LogP contribution in [0.2, 0.25) is 0 Å². The Kier molecular flexibility index (Phi) is 8.00. The number of carbonyl (C=O) groups excluding carboxylic acids is 2. The molecule has 1 N–H and O–H groups in total. The van der Waals surface area contributed by atoms with Gasteiger partial charge in [0.1, 0.15) is 5.69 Å². The first-order valence-corrected chi connectivity index (χ1v) is 11.0. The summed E-state index contributed by atoms with van der Waals surface area (Å²) in [6.45, 7) is 7.62. The molecule has 176 valence electrons. The largest absolute Gasteiger partial charge is 0.449 e. The quantitative estimate of drug-likeness (QED) is 0.362. The Morgan fingerprint density at radius 2 is 1.88 bits per heavy atom. The van der Waals surface area contributed by atoms with E-state index in [0.29, 0.717) is 37.7 Å². The summed E-state index contributed by atoms with van der Waals surface area (Å²) in [5.74, 6) is -1.02. The molecule has 0 radical (unpaired) electrons. The van der Waals surface area contributed by atoms with Crippen LogP contribution < -0.4 is 10.2 Å². The Hall–Kier alpha value is -3.46. The van der Waals surface area contributed by atoms with Crippen molar-refractivity contribution >= 4 is 28.9 Å². The highest BCUT2D eigenvalue weighted by atomic mass is 16.6. The molecule has 1 aliphatic heterocycles. The monoisotopic (exact) mass is 455 g/mol. The molecule has 9 nitrogen and oxygen atoms in total. The summed E-state index contributed by atoms with van der Waals surface area (Å²) in [4.78, 5) is 38.2. The van der Waals surface area contributed by atoms with Gasteiger partial charge in [0.2, 0.25) is 0 Å². The number of nitrogens with one attached hydrogen (secondary N) is 1. The van der Waals surface area contributed by atoms with Crippen LogP contribution in [0.5, 0.6) is 0 Å². The molecule has 1 saturated heterocycles.